The van der Waals surface area contributed by atoms with Crippen LogP contribution in [0.5, 0.6) is 0 Å². The van der Waals surface area contributed by atoms with Crippen LogP contribution in [0.3, 0.4) is 0 Å². The second-order valence-corrected chi connectivity index (χ2v) is 9.54. The highest BCUT2D eigenvalue weighted by Gasteiger charge is 2.49. The van der Waals surface area contributed by atoms with Crippen molar-refractivity contribution in [3.8, 4) is 0 Å². The number of ether oxygens (including phenoxy) is 3. The summed E-state index contributed by atoms with van der Waals surface area (Å²) >= 11 is 0. The van der Waals surface area contributed by atoms with Crippen molar-refractivity contribution in [3.05, 3.63) is 84.4 Å². The molecule has 0 aromatic heterocycles. The Morgan fingerprint density at radius 3 is 2.02 bits per heavy atom. The average Bonchev–Trinajstić information content (AvgIpc) is 3.65. The molecule has 2 aromatic carbocycles. The highest BCUT2D eigenvalue weighted by Crippen LogP contribution is 2.34. The van der Waals surface area contributed by atoms with Gasteiger partial charge in [-0.15, -0.1) is 6.58 Å². The second kappa shape index (κ2) is 14.7. The topological polar surface area (TPSA) is 123 Å². The van der Waals surface area contributed by atoms with Crippen LogP contribution in [0.1, 0.15) is 43.2 Å². The molecule has 2 fully saturated rings. The van der Waals surface area contributed by atoms with Gasteiger partial charge in [0.15, 0.2) is 0 Å². The van der Waals surface area contributed by atoms with Crippen LogP contribution in [-0.2, 0) is 37.0 Å². The van der Waals surface area contributed by atoms with Crippen LogP contribution in [0.15, 0.2) is 73.3 Å². The Morgan fingerprint density at radius 2 is 1.50 bits per heavy atom. The quantitative estimate of drug-likeness (QED) is 0.282. The van der Waals surface area contributed by atoms with Crippen LogP contribution in [-0.4, -0.2) is 70.8 Å². The maximum Gasteiger partial charge on any atom is 0.411 e. The molecule has 10 heteroatoms. The lowest BCUT2D eigenvalue weighted by atomic mass is 9.92. The van der Waals surface area contributed by atoms with Gasteiger partial charge in [-0.05, 0) is 43.2 Å². The third kappa shape index (κ3) is 7.62. The molecule has 2 unspecified atom stereocenters. The number of hydrogen-bond acceptors (Lipinski definition) is 7. The molecule has 0 spiro atoms. The summed E-state index contributed by atoms with van der Waals surface area (Å²) in [7, 11) is 1.33. The summed E-state index contributed by atoms with van der Waals surface area (Å²) in [6.45, 7) is 4.88. The molecule has 2 amide bonds. The number of methoxy groups -OCH3 is 1. The molecule has 2 aromatic rings. The number of esters is 1. The molecular formula is C30H36N2O8. The standard InChI is InChI=1S/C16H19NO4.C14H17NO4/c1-2-9-16(14(18)19)10-6-11-17(16)15(20)21-12-13-7-4-3-5-8-13;1-18-13(16)12-8-5-9-15(12)14(17)19-10-11-6-3-2-4-7-11/h2-5,7-8H,1,6,9-12H2,(H,18,19);2-4,6-7,12H,5,8-10H2,1H3. The summed E-state index contributed by atoms with van der Waals surface area (Å²) in [6.07, 6.45) is 3.22. The van der Waals surface area contributed by atoms with Gasteiger partial charge in [-0.25, -0.2) is 19.2 Å². The van der Waals surface area contributed by atoms with Crippen LogP contribution in [0.2, 0.25) is 0 Å². The summed E-state index contributed by atoms with van der Waals surface area (Å²) in [4.78, 5) is 50.1. The average molecular weight is 553 g/mol. The Kier molecular flexibility index (Phi) is 11.1. The normalized spacial score (nSPS) is 19.7. The van der Waals surface area contributed by atoms with Gasteiger partial charge < -0.3 is 19.3 Å². The highest BCUT2D eigenvalue weighted by atomic mass is 16.6. The number of likely N-dealkylation sites (tertiary alicyclic amines) is 2. The molecule has 2 heterocycles. The molecule has 214 valence electrons. The SMILES string of the molecule is C=CCC1(C(=O)O)CCCN1C(=O)OCc1ccccc1.COC(=O)C1CCCN1C(=O)OCc1ccccc1. The summed E-state index contributed by atoms with van der Waals surface area (Å²) in [6, 6.07) is 18.2. The van der Waals surface area contributed by atoms with E-state index < -0.39 is 29.7 Å². The molecule has 0 aliphatic carbocycles. The van der Waals surface area contributed by atoms with E-state index in [0.29, 0.717) is 32.4 Å². The van der Waals surface area contributed by atoms with Gasteiger partial charge in [0.2, 0.25) is 0 Å². The van der Waals surface area contributed by atoms with Crippen LogP contribution < -0.4 is 0 Å². The lowest BCUT2D eigenvalue weighted by Crippen LogP contribution is -2.52. The maximum absolute atomic E-state index is 12.2. The monoisotopic (exact) mass is 552 g/mol. The summed E-state index contributed by atoms with van der Waals surface area (Å²) in [5, 5.41) is 9.50. The number of nitrogens with zero attached hydrogens (tertiary/aromatic N) is 2. The molecule has 0 saturated carbocycles. The van der Waals surface area contributed by atoms with E-state index in [4.69, 9.17) is 9.47 Å². The molecule has 0 bridgehead atoms. The minimum absolute atomic E-state index is 0.139. The fourth-order valence-corrected chi connectivity index (χ4v) is 4.87. The van der Waals surface area contributed by atoms with Gasteiger partial charge in [0.1, 0.15) is 24.8 Å². The number of hydrogen-bond donors (Lipinski definition) is 1. The molecular weight excluding hydrogens is 516 g/mol. The predicted molar refractivity (Wildman–Crippen MR) is 146 cm³/mol. The van der Waals surface area contributed by atoms with Crippen LogP contribution in [0.4, 0.5) is 9.59 Å². The Bertz CT molecular complexity index is 1160. The fourth-order valence-electron chi connectivity index (χ4n) is 4.87. The number of rotatable bonds is 8. The van der Waals surface area contributed by atoms with E-state index in [-0.39, 0.29) is 25.6 Å². The molecule has 1 N–H and O–H groups in total. The molecule has 40 heavy (non-hydrogen) atoms. The Morgan fingerprint density at radius 1 is 0.925 bits per heavy atom. The lowest BCUT2D eigenvalue weighted by molar-refractivity contribution is -0.148. The molecule has 2 aliphatic heterocycles. The van der Waals surface area contributed by atoms with Gasteiger partial charge in [-0.2, -0.15) is 0 Å². The van der Waals surface area contributed by atoms with Crippen molar-refractivity contribution in [1.29, 1.82) is 0 Å². The van der Waals surface area contributed by atoms with Gasteiger partial charge in [0.25, 0.3) is 0 Å². The number of aliphatic carboxylic acids is 1. The molecule has 0 radical (unpaired) electrons. The minimum atomic E-state index is -1.21. The predicted octanol–water partition coefficient (Wildman–Crippen LogP) is 4.78. The zero-order valence-electron chi connectivity index (χ0n) is 22.7. The number of carbonyl (C=O) groups is 4. The van der Waals surface area contributed by atoms with Crippen molar-refractivity contribution in [1.82, 2.24) is 9.80 Å². The Labute approximate surface area is 234 Å². The van der Waals surface area contributed by atoms with Gasteiger partial charge in [-0.1, -0.05) is 66.7 Å². The molecule has 2 saturated heterocycles. The van der Waals surface area contributed by atoms with Gasteiger partial charge in [0, 0.05) is 13.1 Å². The van der Waals surface area contributed by atoms with E-state index in [2.05, 4.69) is 11.3 Å². The lowest BCUT2D eigenvalue weighted by Gasteiger charge is -2.33. The van der Waals surface area contributed by atoms with E-state index in [1.54, 1.807) is 0 Å². The van der Waals surface area contributed by atoms with E-state index in [9.17, 15) is 24.3 Å². The molecule has 2 atom stereocenters. The van der Waals surface area contributed by atoms with Crippen molar-refractivity contribution >= 4 is 24.1 Å². The van der Waals surface area contributed by atoms with E-state index in [0.717, 1.165) is 17.5 Å². The van der Waals surface area contributed by atoms with Crippen molar-refractivity contribution in [3.63, 3.8) is 0 Å². The van der Waals surface area contributed by atoms with Crippen molar-refractivity contribution in [2.75, 3.05) is 20.2 Å². The first-order chi connectivity index (χ1) is 19.3. The number of benzene rings is 2. The minimum Gasteiger partial charge on any atom is -0.479 e. The summed E-state index contributed by atoms with van der Waals surface area (Å²) in [5.41, 5.74) is 0.578. The first-order valence-electron chi connectivity index (χ1n) is 13.2. The number of carboxylic acids is 1. The van der Waals surface area contributed by atoms with E-state index in [1.807, 2.05) is 60.7 Å². The zero-order chi connectivity index (χ0) is 29.0. The van der Waals surface area contributed by atoms with Gasteiger partial charge >= 0.3 is 24.1 Å². The number of carboxylic acid groups (broad SMARTS) is 1. The maximum atomic E-state index is 12.2. The third-order valence-electron chi connectivity index (χ3n) is 6.96. The largest absolute Gasteiger partial charge is 0.479 e. The van der Waals surface area contributed by atoms with Crippen molar-refractivity contribution in [2.45, 2.75) is 56.9 Å². The fraction of sp³-hybridized carbons (Fsp3) is 0.400. The molecule has 2 aliphatic rings. The van der Waals surface area contributed by atoms with Gasteiger partial charge in [-0.3, -0.25) is 9.80 Å². The second-order valence-electron chi connectivity index (χ2n) is 9.54. The van der Waals surface area contributed by atoms with Crippen LogP contribution in [0, 0.1) is 0 Å². The Balaban J connectivity index is 0.000000222. The van der Waals surface area contributed by atoms with Crippen LogP contribution >= 0.6 is 0 Å². The first-order valence-corrected chi connectivity index (χ1v) is 13.2. The highest BCUT2D eigenvalue weighted by molar-refractivity contribution is 5.85. The zero-order valence-corrected chi connectivity index (χ0v) is 22.7. The number of carbonyl (C=O) groups excluding carboxylic acids is 3. The molecule has 10 nitrogen and oxygen atoms in total. The van der Waals surface area contributed by atoms with E-state index in [1.165, 1.54) is 23.0 Å². The smallest absolute Gasteiger partial charge is 0.411 e. The van der Waals surface area contributed by atoms with Gasteiger partial charge in [0.05, 0.1) is 7.11 Å². The number of amides is 2. The first kappa shape index (κ1) is 30.2. The summed E-state index contributed by atoms with van der Waals surface area (Å²) in [5.74, 6) is -1.38. The van der Waals surface area contributed by atoms with Crippen LogP contribution in [0.25, 0.3) is 0 Å². The van der Waals surface area contributed by atoms with E-state index >= 15 is 0 Å². The molecule has 4 rings (SSSR count). The summed E-state index contributed by atoms with van der Waals surface area (Å²) < 4.78 is 15.2. The van der Waals surface area contributed by atoms with Crippen molar-refractivity contribution < 1.29 is 38.5 Å². The third-order valence-corrected chi connectivity index (χ3v) is 6.96. The van der Waals surface area contributed by atoms with Crippen molar-refractivity contribution in [2.24, 2.45) is 0 Å². The Hall–Kier alpha value is -4.34.